The molecule has 0 aliphatic carbocycles. The van der Waals surface area contributed by atoms with Gasteiger partial charge in [-0.2, -0.15) is 0 Å². The van der Waals surface area contributed by atoms with Crippen molar-refractivity contribution in [1.29, 1.82) is 0 Å². The molecule has 18 heavy (non-hydrogen) atoms. The third-order valence-corrected chi connectivity index (χ3v) is 3.21. The lowest BCUT2D eigenvalue weighted by Crippen LogP contribution is -2.20. The topological polar surface area (TPSA) is 12.0 Å². The van der Waals surface area contributed by atoms with Gasteiger partial charge in [0.2, 0.25) is 0 Å². The molecule has 2 rings (SSSR count). The van der Waals surface area contributed by atoms with Crippen LogP contribution < -0.4 is 5.32 Å². The van der Waals surface area contributed by atoms with Crippen LogP contribution in [-0.4, -0.2) is 7.05 Å². The van der Waals surface area contributed by atoms with Gasteiger partial charge in [0, 0.05) is 10.0 Å². The Balaban J connectivity index is 2.52. The zero-order valence-electron chi connectivity index (χ0n) is 9.75. The molecule has 1 atom stereocenters. The Morgan fingerprint density at radius 1 is 1.06 bits per heavy atom. The molecule has 1 nitrogen and oxygen atoms in total. The molecule has 0 saturated heterocycles. The molecule has 0 aliphatic rings. The second-order valence-electron chi connectivity index (χ2n) is 3.92. The van der Waals surface area contributed by atoms with Crippen LogP contribution in [0.3, 0.4) is 0 Å². The summed E-state index contributed by atoms with van der Waals surface area (Å²) in [5.74, 6) is -1.13. The van der Waals surface area contributed by atoms with Crippen molar-refractivity contribution in [2.75, 3.05) is 7.05 Å². The van der Waals surface area contributed by atoms with Crippen molar-refractivity contribution in [3.63, 3.8) is 0 Å². The molecule has 0 radical (unpaired) electrons. The molecular weight excluding hydrogens is 300 g/mol. The van der Waals surface area contributed by atoms with Gasteiger partial charge in [-0.05, 0) is 24.7 Å². The first-order chi connectivity index (χ1) is 8.63. The summed E-state index contributed by atoms with van der Waals surface area (Å²) in [6.07, 6.45) is 0. The second-order valence-corrected chi connectivity index (χ2v) is 4.83. The first kappa shape index (κ1) is 13.2. The van der Waals surface area contributed by atoms with Crippen molar-refractivity contribution < 1.29 is 8.78 Å². The van der Waals surface area contributed by atoms with Crippen LogP contribution in [0.1, 0.15) is 17.2 Å². The molecule has 0 amide bonds. The first-order valence-electron chi connectivity index (χ1n) is 5.50. The summed E-state index contributed by atoms with van der Waals surface area (Å²) >= 11 is 3.07. The third kappa shape index (κ3) is 2.60. The van der Waals surface area contributed by atoms with E-state index in [-0.39, 0.29) is 5.56 Å². The number of hydrogen-bond acceptors (Lipinski definition) is 1. The van der Waals surface area contributed by atoms with E-state index in [0.29, 0.717) is 4.47 Å². The van der Waals surface area contributed by atoms with Crippen molar-refractivity contribution >= 4 is 15.9 Å². The maximum absolute atomic E-state index is 13.9. The third-order valence-electron chi connectivity index (χ3n) is 2.75. The van der Waals surface area contributed by atoms with E-state index < -0.39 is 17.7 Å². The summed E-state index contributed by atoms with van der Waals surface area (Å²) in [5, 5.41) is 2.94. The van der Waals surface area contributed by atoms with Crippen molar-refractivity contribution in [1.82, 2.24) is 5.32 Å². The minimum Gasteiger partial charge on any atom is -0.309 e. The fraction of sp³-hybridized carbons (Fsp3) is 0.143. The number of rotatable bonds is 3. The Labute approximate surface area is 113 Å². The van der Waals surface area contributed by atoms with E-state index in [1.54, 1.807) is 7.05 Å². The van der Waals surface area contributed by atoms with Gasteiger partial charge in [-0.25, -0.2) is 8.78 Å². The zero-order valence-corrected chi connectivity index (χ0v) is 11.3. The Bertz CT molecular complexity index is 520. The zero-order chi connectivity index (χ0) is 13.1. The molecular formula is C14H12BrF2N. The van der Waals surface area contributed by atoms with E-state index >= 15 is 0 Å². The molecule has 1 unspecified atom stereocenters. The summed E-state index contributed by atoms with van der Waals surface area (Å²) in [7, 11) is 1.68. The molecule has 2 aromatic rings. The van der Waals surface area contributed by atoms with Gasteiger partial charge in [0.15, 0.2) is 0 Å². The highest BCUT2D eigenvalue weighted by Crippen LogP contribution is 2.28. The van der Waals surface area contributed by atoms with Crippen molar-refractivity contribution in [2.45, 2.75) is 6.04 Å². The van der Waals surface area contributed by atoms with E-state index in [4.69, 9.17) is 0 Å². The molecule has 0 fully saturated rings. The maximum atomic E-state index is 13.9. The summed E-state index contributed by atoms with van der Waals surface area (Å²) in [4.78, 5) is 0. The first-order valence-corrected chi connectivity index (χ1v) is 6.29. The predicted octanol–water partition coefficient (Wildman–Crippen LogP) is 4.04. The van der Waals surface area contributed by atoms with Crippen molar-refractivity contribution in [2.24, 2.45) is 0 Å². The summed E-state index contributed by atoms with van der Waals surface area (Å²) in [5.41, 5.74) is 0.854. The Hall–Kier alpha value is -1.26. The molecule has 4 heteroatoms. The van der Waals surface area contributed by atoms with E-state index in [2.05, 4.69) is 21.2 Å². The SMILES string of the molecule is CNC(c1ccccc1)c1c(F)cc(Br)cc1F. The summed E-state index contributed by atoms with van der Waals surface area (Å²) in [6, 6.07) is 11.3. The highest BCUT2D eigenvalue weighted by Gasteiger charge is 2.20. The van der Waals surface area contributed by atoms with Crippen LogP contribution in [-0.2, 0) is 0 Å². The lowest BCUT2D eigenvalue weighted by Gasteiger charge is -2.18. The number of hydrogen-bond donors (Lipinski definition) is 1. The van der Waals surface area contributed by atoms with Gasteiger partial charge in [-0.15, -0.1) is 0 Å². The standard InChI is InChI=1S/C14H12BrF2N/c1-18-14(9-5-3-2-4-6-9)13-11(16)7-10(15)8-12(13)17/h2-8,14,18H,1H3. The largest absolute Gasteiger partial charge is 0.309 e. The monoisotopic (exact) mass is 311 g/mol. The fourth-order valence-corrected chi connectivity index (χ4v) is 2.35. The molecule has 0 bridgehead atoms. The normalized spacial score (nSPS) is 12.4. The van der Waals surface area contributed by atoms with Gasteiger partial charge in [0.25, 0.3) is 0 Å². The van der Waals surface area contributed by atoms with Crippen LogP contribution in [0, 0.1) is 11.6 Å². The number of benzene rings is 2. The Morgan fingerprint density at radius 3 is 2.11 bits per heavy atom. The molecule has 0 saturated carbocycles. The fourth-order valence-electron chi connectivity index (χ4n) is 1.95. The second kappa shape index (κ2) is 5.59. The van der Waals surface area contributed by atoms with E-state index in [0.717, 1.165) is 5.56 Å². The quantitative estimate of drug-likeness (QED) is 0.902. The molecule has 0 aliphatic heterocycles. The molecule has 0 spiro atoms. The van der Waals surface area contributed by atoms with Crippen LogP contribution in [0.25, 0.3) is 0 Å². The van der Waals surface area contributed by atoms with Gasteiger partial charge < -0.3 is 5.32 Å². The average Bonchev–Trinajstić information content (AvgIpc) is 2.34. The molecule has 0 heterocycles. The molecule has 94 valence electrons. The van der Waals surface area contributed by atoms with Crippen LogP contribution in [0.4, 0.5) is 8.78 Å². The van der Waals surface area contributed by atoms with Crippen molar-refractivity contribution in [3.05, 3.63) is 69.7 Å². The van der Waals surface area contributed by atoms with Crippen molar-refractivity contribution in [3.8, 4) is 0 Å². The van der Waals surface area contributed by atoms with Gasteiger partial charge >= 0.3 is 0 Å². The van der Waals surface area contributed by atoms with Gasteiger partial charge in [-0.3, -0.25) is 0 Å². The maximum Gasteiger partial charge on any atom is 0.132 e. The predicted molar refractivity (Wildman–Crippen MR) is 71.4 cm³/mol. The number of halogens is 3. The van der Waals surface area contributed by atoms with E-state index in [1.165, 1.54) is 12.1 Å². The smallest absolute Gasteiger partial charge is 0.132 e. The molecule has 2 aromatic carbocycles. The van der Waals surface area contributed by atoms with Crippen LogP contribution in [0.2, 0.25) is 0 Å². The molecule has 0 aromatic heterocycles. The van der Waals surface area contributed by atoms with E-state index in [9.17, 15) is 8.78 Å². The van der Waals surface area contributed by atoms with Gasteiger partial charge in [0.05, 0.1) is 6.04 Å². The van der Waals surface area contributed by atoms with Crippen LogP contribution in [0.5, 0.6) is 0 Å². The Kier molecular flexibility index (Phi) is 4.09. The summed E-state index contributed by atoms with van der Waals surface area (Å²) in [6.45, 7) is 0. The van der Waals surface area contributed by atoms with Gasteiger partial charge in [-0.1, -0.05) is 46.3 Å². The van der Waals surface area contributed by atoms with E-state index in [1.807, 2.05) is 30.3 Å². The summed E-state index contributed by atoms with van der Waals surface area (Å²) < 4.78 is 28.2. The van der Waals surface area contributed by atoms with Crippen LogP contribution >= 0.6 is 15.9 Å². The minimum absolute atomic E-state index is 0.0342. The highest BCUT2D eigenvalue weighted by atomic mass is 79.9. The minimum atomic E-state index is -0.565. The lowest BCUT2D eigenvalue weighted by atomic mass is 9.98. The molecule has 1 N–H and O–H groups in total. The van der Waals surface area contributed by atoms with Gasteiger partial charge in [0.1, 0.15) is 11.6 Å². The number of nitrogens with one attached hydrogen (secondary N) is 1. The highest BCUT2D eigenvalue weighted by molar-refractivity contribution is 9.10. The Morgan fingerprint density at radius 2 is 1.61 bits per heavy atom. The van der Waals surface area contributed by atoms with Crippen LogP contribution in [0.15, 0.2) is 46.9 Å². The average molecular weight is 312 g/mol. The lowest BCUT2D eigenvalue weighted by molar-refractivity contribution is 0.521.